The second-order valence-corrected chi connectivity index (χ2v) is 6.20. The van der Waals surface area contributed by atoms with Crippen molar-refractivity contribution in [2.24, 2.45) is 0 Å². The fourth-order valence-corrected chi connectivity index (χ4v) is 3.01. The highest BCUT2D eigenvalue weighted by molar-refractivity contribution is 6.18. The number of aromatic nitrogens is 4. The van der Waals surface area contributed by atoms with Gasteiger partial charge >= 0.3 is 0 Å². The molecular weight excluding hydrogens is 399 g/mol. The maximum Gasteiger partial charge on any atom is 0.182 e. The molecular formula is C16H19Cl3N6O. The molecule has 0 saturated carbocycles. The van der Waals surface area contributed by atoms with Crippen LogP contribution in [0.1, 0.15) is 5.56 Å². The Morgan fingerprint density at radius 3 is 2.62 bits per heavy atom. The Hall–Kier alpha value is -1.80. The van der Waals surface area contributed by atoms with Crippen molar-refractivity contribution in [3.63, 3.8) is 0 Å². The van der Waals surface area contributed by atoms with Crippen molar-refractivity contribution < 1.29 is 5.11 Å². The largest absolute Gasteiger partial charge is 0.508 e. The number of nitrogens with zero attached hydrogens (tertiary/aromatic N) is 4. The molecule has 1 aromatic carbocycles. The molecule has 26 heavy (non-hydrogen) atoms. The topological polar surface area (TPSA) is 90.0 Å². The highest BCUT2D eigenvalue weighted by Gasteiger charge is 2.11. The van der Waals surface area contributed by atoms with E-state index in [-0.39, 0.29) is 18.2 Å². The second-order valence-electron chi connectivity index (χ2n) is 5.45. The number of fused-ring (bicyclic) bond motifs is 1. The third kappa shape index (κ3) is 4.88. The number of anilines is 2. The summed E-state index contributed by atoms with van der Waals surface area (Å²) in [6, 6.07) is 5.33. The Kier molecular flexibility index (Phi) is 7.71. The fraction of sp³-hybridized carbons (Fsp3) is 0.312. The van der Waals surface area contributed by atoms with Gasteiger partial charge in [0, 0.05) is 42.6 Å². The normalized spacial score (nSPS) is 10.9. The minimum atomic E-state index is 0. The molecule has 0 spiro atoms. The van der Waals surface area contributed by atoms with E-state index in [2.05, 4.69) is 30.2 Å². The molecule has 10 heteroatoms. The molecule has 0 aliphatic rings. The summed E-state index contributed by atoms with van der Waals surface area (Å²) in [5.74, 6) is 1.87. The van der Waals surface area contributed by atoms with Crippen LogP contribution >= 0.6 is 35.6 Å². The van der Waals surface area contributed by atoms with E-state index < -0.39 is 0 Å². The molecule has 3 rings (SSSR count). The molecule has 0 bridgehead atoms. The van der Waals surface area contributed by atoms with Gasteiger partial charge in [0.15, 0.2) is 11.5 Å². The first-order chi connectivity index (χ1) is 12.2. The number of benzene rings is 1. The lowest BCUT2D eigenvalue weighted by Crippen LogP contribution is -2.27. The summed E-state index contributed by atoms with van der Waals surface area (Å²) in [6.07, 6.45) is 3.03. The number of aromatic hydroxyl groups is 1. The SMILES string of the molecule is Cl.Oc1ccc(Nc2ncnc3nc[nH]c23)cc1CN(CCCl)CCCl. The maximum absolute atomic E-state index is 10.2. The van der Waals surface area contributed by atoms with E-state index in [4.69, 9.17) is 23.2 Å². The van der Waals surface area contributed by atoms with Gasteiger partial charge in [-0.1, -0.05) is 0 Å². The Morgan fingerprint density at radius 2 is 1.88 bits per heavy atom. The summed E-state index contributed by atoms with van der Waals surface area (Å²) >= 11 is 11.7. The van der Waals surface area contributed by atoms with E-state index in [1.54, 1.807) is 18.5 Å². The first-order valence-electron chi connectivity index (χ1n) is 7.78. The Bertz CT molecular complexity index is 838. The zero-order valence-corrected chi connectivity index (χ0v) is 16.2. The van der Waals surface area contributed by atoms with E-state index in [9.17, 15) is 5.11 Å². The standard InChI is InChI=1S/C16H18Cl2N6O.ClH/c17-3-5-24(6-4-18)8-11-7-12(1-2-13(11)25)23-16-14-15(20-9-19-14)21-10-22-16;/h1-2,7,9-10,25H,3-6,8H2,(H2,19,20,21,22,23);1H. The van der Waals surface area contributed by atoms with Gasteiger partial charge in [-0.15, -0.1) is 35.6 Å². The summed E-state index contributed by atoms with van der Waals surface area (Å²) in [5, 5.41) is 13.4. The van der Waals surface area contributed by atoms with Gasteiger partial charge < -0.3 is 15.4 Å². The molecule has 0 saturated heterocycles. The van der Waals surface area contributed by atoms with Crippen molar-refractivity contribution in [2.75, 3.05) is 30.2 Å². The smallest absolute Gasteiger partial charge is 0.182 e. The van der Waals surface area contributed by atoms with E-state index >= 15 is 0 Å². The number of imidazole rings is 1. The first kappa shape index (κ1) is 20.5. The van der Waals surface area contributed by atoms with Crippen molar-refractivity contribution >= 4 is 58.3 Å². The Balaban J connectivity index is 0.00000243. The molecule has 140 valence electrons. The lowest BCUT2D eigenvalue weighted by atomic mass is 10.1. The van der Waals surface area contributed by atoms with Crippen LogP contribution in [0.4, 0.5) is 11.5 Å². The Labute approximate surface area is 167 Å². The molecule has 0 aliphatic heterocycles. The van der Waals surface area contributed by atoms with Crippen LogP contribution in [-0.4, -0.2) is 54.8 Å². The van der Waals surface area contributed by atoms with Crippen molar-refractivity contribution in [2.45, 2.75) is 6.54 Å². The van der Waals surface area contributed by atoms with Crippen LogP contribution in [0.3, 0.4) is 0 Å². The summed E-state index contributed by atoms with van der Waals surface area (Å²) in [5.41, 5.74) is 2.91. The number of nitrogens with one attached hydrogen (secondary N) is 2. The fourth-order valence-electron chi connectivity index (χ4n) is 2.54. The van der Waals surface area contributed by atoms with Gasteiger partial charge in [-0.25, -0.2) is 15.0 Å². The van der Waals surface area contributed by atoms with Gasteiger partial charge in [-0.3, -0.25) is 4.90 Å². The van der Waals surface area contributed by atoms with E-state index in [1.165, 1.54) is 6.33 Å². The number of aromatic amines is 1. The number of halogens is 3. The van der Waals surface area contributed by atoms with Crippen molar-refractivity contribution in [3.05, 3.63) is 36.4 Å². The minimum Gasteiger partial charge on any atom is -0.508 e. The van der Waals surface area contributed by atoms with E-state index in [0.717, 1.165) is 16.8 Å². The lowest BCUT2D eigenvalue weighted by molar-refractivity contribution is 0.294. The van der Waals surface area contributed by atoms with E-state index in [0.29, 0.717) is 42.9 Å². The molecule has 3 N–H and O–H groups in total. The van der Waals surface area contributed by atoms with Crippen LogP contribution < -0.4 is 5.32 Å². The zero-order chi connectivity index (χ0) is 17.6. The van der Waals surface area contributed by atoms with Crippen LogP contribution in [-0.2, 0) is 6.54 Å². The molecule has 0 unspecified atom stereocenters. The van der Waals surface area contributed by atoms with Crippen LogP contribution in [0.5, 0.6) is 5.75 Å². The predicted molar refractivity (Wildman–Crippen MR) is 107 cm³/mol. The minimum absolute atomic E-state index is 0. The number of hydrogen-bond donors (Lipinski definition) is 3. The van der Waals surface area contributed by atoms with Gasteiger partial charge in [0.2, 0.25) is 0 Å². The van der Waals surface area contributed by atoms with Crippen molar-refractivity contribution in [1.82, 2.24) is 24.8 Å². The second kappa shape index (κ2) is 9.78. The molecule has 0 atom stereocenters. The molecule has 2 heterocycles. The van der Waals surface area contributed by atoms with Crippen molar-refractivity contribution in [3.8, 4) is 5.75 Å². The quantitative estimate of drug-likeness (QED) is 0.384. The summed E-state index contributed by atoms with van der Waals surface area (Å²) in [4.78, 5) is 17.6. The molecule has 0 fully saturated rings. The van der Waals surface area contributed by atoms with Gasteiger partial charge in [-0.05, 0) is 18.2 Å². The zero-order valence-electron chi connectivity index (χ0n) is 13.8. The van der Waals surface area contributed by atoms with Crippen LogP contribution in [0, 0.1) is 0 Å². The third-order valence-corrected chi connectivity index (χ3v) is 4.10. The highest BCUT2D eigenvalue weighted by atomic mass is 35.5. The summed E-state index contributed by atoms with van der Waals surface area (Å²) in [7, 11) is 0. The molecule has 0 aliphatic carbocycles. The average molecular weight is 418 g/mol. The highest BCUT2D eigenvalue weighted by Crippen LogP contribution is 2.26. The van der Waals surface area contributed by atoms with Gasteiger partial charge in [0.1, 0.15) is 17.6 Å². The number of phenols is 1. The lowest BCUT2D eigenvalue weighted by Gasteiger charge is -2.21. The average Bonchev–Trinajstić information content (AvgIpc) is 3.08. The number of rotatable bonds is 8. The Morgan fingerprint density at radius 1 is 1.12 bits per heavy atom. The number of H-pyrrole nitrogens is 1. The summed E-state index contributed by atoms with van der Waals surface area (Å²) < 4.78 is 0. The molecule has 0 radical (unpaired) electrons. The summed E-state index contributed by atoms with van der Waals surface area (Å²) in [6.45, 7) is 1.96. The van der Waals surface area contributed by atoms with Crippen LogP contribution in [0.25, 0.3) is 11.2 Å². The predicted octanol–water partition coefficient (Wildman–Crippen LogP) is 3.50. The molecule has 0 amide bonds. The number of hydrogen-bond acceptors (Lipinski definition) is 6. The van der Waals surface area contributed by atoms with Gasteiger partial charge in [-0.2, -0.15) is 0 Å². The van der Waals surface area contributed by atoms with Gasteiger partial charge in [0.25, 0.3) is 0 Å². The van der Waals surface area contributed by atoms with Crippen molar-refractivity contribution in [1.29, 1.82) is 0 Å². The molecule has 2 aromatic heterocycles. The maximum atomic E-state index is 10.2. The monoisotopic (exact) mass is 416 g/mol. The molecule has 7 nitrogen and oxygen atoms in total. The van der Waals surface area contributed by atoms with E-state index in [1.807, 2.05) is 6.07 Å². The van der Waals surface area contributed by atoms with Crippen LogP contribution in [0.15, 0.2) is 30.9 Å². The number of alkyl halides is 2. The van der Waals surface area contributed by atoms with Gasteiger partial charge in [0.05, 0.1) is 6.33 Å². The van der Waals surface area contributed by atoms with Crippen LogP contribution in [0.2, 0.25) is 0 Å². The first-order valence-corrected chi connectivity index (χ1v) is 8.85. The number of phenolic OH excluding ortho intramolecular Hbond substituents is 1. The molecule has 3 aromatic rings. The third-order valence-electron chi connectivity index (χ3n) is 3.76.